The Balaban J connectivity index is 0.000000841. The van der Waals surface area contributed by atoms with E-state index in [1.807, 2.05) is 45.5 Å². The standard InChI is InChI=1S/C37H40S.C3H9N.C2H6.CH5N/c1-8-14-27-22-33-31(17-13-18-35(33)37(27,6)7)29(9-2)32-20-19-30(26-15-11-10-12-16-26)36-34(32)23-28(38-36)21-25(5)24(3)4;1-3(2)4;2*1-2/h8-19,21,24,32H,1,5,20,22-23H2,2-4,6-7H3;3H,4H2,1-2H3;1-2H3;2H2,1H3/b27-14+,28-21+,29-9?;;;. The molecule has 2 aromatic carbocycles. The zero-order chi connectivity index (χ0) is 34.6. The first-order valence-electron chi connectivity index (χ1n) is 17.0. The van der Waals surface area contributed by atoms with Gasteiger partial charge in [0, 0.05) is 22.7 Å². The highest BCUT2D eigenvalue weighted by Crippen LogP contribution is 2.56. The first-order valence-corrected chi connectivity index (χ1v) is 17.8. The third-order valence-corrected chi connectivity index (χ3v) is 9.83. The number of fused-ring (bicyclic) bond motifs is 1. The highest BCUT2D eigenvalue weighted by atomic mass is 32.2. The van der Waals surface area contributed by atoms with Crippen molar-refractivity contribution >= 4 is 22.9 Å². The molecule has 5 rings (SSSR count). The molecule has 3 aliphatic rings. The van der Waals surface area contributed by atoms with E-state index >= 15 is 0 Å². The van der Waals surface area contributed by atoms with Crippen LogP contribution in [0.25, 0.3) is 11.1 Å². The second kappa shape index (κ2) is 18.3. The first kappa shape index (κ1) is 39.1. The summed E-state index contributed by atoms with van der Waals surface area (Å²) < 4.78 is 0. The number of benzene rings is 2. The van der Waals surface area contributed by atoms with Crippen LogP contribution in [-0.2, 0) is 11.8 Å². The zero-order valence-corrected chi connectivity index (χ0v) is 31.2. The number of rotatable bonds is 6. The van der Waals surface area contributed by atoms with Crippen molar-refractivity contribution in [2.75, 3.05) is 7.05 Å². The molecule has 0 amide bonds. The predicted molar refractivity (Wildman–Crippen MR) is 210 cm³/mol. The summed E-state index contributed by atoms with van der Waals surface area (Å²) in [5, 5.41) is 0. The molecule has 0 aromatic heterocycles. The summed E-state index contributed by atoms with van der Waals surface area (Å²) >= 11 is 1.97. The Morgan fingerprint density at radius 1 is 0.978 bits per heavy atom. The lowest BCUT2D eigenvalue weighted by atomic mass is 9.76. The van der Waals surface area contributed by atoms with Gasteiger partial charge in [0.25, 0.3) is 0 Å². The summed E-state index contributed by atoms with van der Waals surface area (Å²) in [6, 6.07) is 18.2. The Morgan fingerprint density at radius 2 is 1.61 bits per heavy atom. The fourth-order valence-electron chi connectivity index (χ4n) is 6.29. The second-order valence-corrected chi connectivity index (χ2v) is 13.9. The van der Waals surface area contributed by atoms with Crippen LogP contribution in [0.3, 0.4) is 0 Å². The van der Waals surface area contributed by atoms with E-state index in [9.17, 15) is 0 Å². The van der Waals surface area contributed by atoms with Gasteiger partial charge < -0.3 is 11.5 Å². The van der Waals surface area contributed by atoms with E-state index in [4.69, 9.17) is 5.73 Å². The summed E-state index contributed by atoms with van der Waals surface area (Å²) in [4.78, 5) is 2.88. The molecule has 0 fully saturated rings. The highest BCUT2D eigenvalue weighted by Gasteiger charge is 2.38. The zero-order valence-electron chi connectivity index (χ0n) is 30.3. The molecule has 0 spiro atoms. The Bertz CT molecular complexity index is 1490. The number of hydrogen-bond acceptors (Lipinski definition) is 3. The minimum Gasteiger partial charge on any atom is -0.333 e. The third-order valence-electron chi connectivity index (χ3n) is 8.62. The lowest BCUT2D eigenvalue weighted by molar-refractivity contribution is 0.644. The highest BCUT2D eigenvalue weighted by molar-refractivity contribution is 8.07. The maximum atomic E-state index is 5.11. The number of hydrogen-bond donors (Lipinski definition) is 2. The van der Waals surface area contributed by atoms with Crippen LogP contribution in [0.4, 0.5) is 0 Å². The predicted octanol–water partition coefficient (Wildman–Crippen LogP) is 11.6. The first-order chi connectivity index (χ1) is 22.0. The van der Waals surface area contributed by atoms with Gasteiger partial charge >= 0.3 is 0 Å². The van der Waals surface area contributed by atoms with Crippen molar-refractivity contribution in [1.29, 1.82) is 0 Å². The van der Waals surface area contributed by atoms with Crippen molar-refractivity contribution in [3.63, 3.8) is 0 Å². The molecule has 2 nitrogen and oxygen atoms in total. The summed E-state index contributed by atoms with van der Waals surface area (Å²) in [6.45, 7) is 27.6. The van der Waals surface area contributed by atoms with Gasteiger partial charge in [0.05, 0.1) is 0 Å². The number of allylic oxidation sites excluding steroid dienone is 11. The lowest BCUT2D eigenvalue weighted by Gasteiger charge is -2.28. The summed E-state index contributed by atoms with van der Waals surface area (Å²) in [6.07, 6.45) is 14.4. The quantitative estimate of drug-likeness (QED) is 0.332. The van der Waals surface area contributed by atoms with Crippen molar-refractivity contribution in [3.05, 3.63) is 141 Å². The monoisotopic (exact) mass is 636 g/mol. The van der Waals surface area contributed by atoms with Crippen LogP contribution < -0.4 is 11.5 Å². The minimum absolute atomic E-state index is 0.0338. The van der Waals surface area contributed by atoms with E-state index < -0.39 is 0 Å². The minimum atomic E-state index is 0.0338. The molecule has 0 radical (unpaired) electrons. The van der Waals surface area contributed by atoms with Gasteiger partial charge in [-0.25, -0.2) is 0 Å². The Morgan fingerprint density at radius 3 is 2.17 bits per heavy atom. The molecule has 2 aromatic rings. The van der Waals surface area contributed by atoms with E-state index in [1.54, 1.807) is 5.57 Å². The van der Waals surface area contributed by atoms with Crippen LogP contribution in [0.1, 0.15) is 97.4 Å². The van der Waals surface area contributed by atoms with Crippen molar-refractivity contribution < 1.29 is 0 Å². The Hall–Kier alpha value is -3.11. The molecule has 0 saturated heterocycles. The molecule has 0 bridgehead atoms. The van der Waals surface area contributed by atoms with Crippen LogP contribution in [0.5, 0.6) is 0 Å². The van der Waals surface area contributed by atoms with Gasteiger partial charge in [-0.3, -0.25) is 0 Å². The molecule has 1 atom stereocenters. The second-order valence-electron chi connectivity index (χ2n) is 12.8. The molecule has 248 valence electrons. The molecule has 1 unspecified atom stereocenters. The SMILES string of the molecule is C=C/C=C1\Cc2c(C(=CC)C3CC=C(c4ccccc4)C4=C3C/C(=C\C(=C)C(C)C)S4)cccc2C1(C)C.CC.CC(C)N.CN. The Kier molecular flexibility index (Phi) is 15.5. The Labute approximate surface area is 286 Å². The van der Waals surface area contributed by atoms with E-state index in [0.717, 1.165) is 19.3 Å². The molecular weight excluding hydrogens is 577 g/mol. The largest absolute Gasteiger partial charge is 0.333 e. The van der Waals surface area contributed by atoms with Crippen LogP contribution in [-0.4, -0.2) is 13.1 Å². The van der Waals surface area contributed by atoms with Gasteiger partial charge in [-0.05, 0) is 88.7 Å². The van der Waals surface area contributed by atoms with E-state index in [0.29, 0.717) is 17.9 Å². The maximum absolute atomic E-state index is 5.11. The van der Waals surface area contributed by atoms with Crippen LogP contribution in [0, 0.1) is 11.8 Å². The topological polar surface area (TPSA) is 52.0 Å². The molecule has 1 aliphatic heterocycles. The molecule has 0 saturated carbocycles. The van der Waals surface area contributed by atoms with Crippen LogP contribution in [0.2, 0.25) is 0 Å². The third kappa shape index (κ3) is 9.03. The molecule has 3 heteroatoms. The fourth-order valence-corrected chi connectivity index (χ4v) is 7.64. The summed E-state index contributed by atoms with van der Waals surface area (Å²) in [7, 11) is 1.50. The summed E-state index contributed by atoms with van der Waals surface area (Å²) in [5.74, 6) is 0.843. The fraction of sp³-hybridized carbons (Fsp3) is 0.395. The molecule has 46 heavy (non-hydrogen) atoms. The van der Waals surface area contributed by atoms with Gasteiger partial charge in [-0.2, -0.15) is 0 Å². The normalized spacial score (nSPS) is 19.7. The van der Waals surface area contributed by atoms with Crippen molar-refractivity contribution in [2.24, 2.45) is 23.3 Å². The molecule has 2 aliphatic carbocycles. The smallest absolute Gasteiger partial charge is 0.0196 e. The average molecular weight is 637 g/mol. The molecule has 1 heterocycles. The van der Waals surface area contributed by atoms with Crippen LogP contribution in [0.15, 0.2) is 119 Å². The van der Waals surface area contributed by atoms with Crippen molar-refractivity contribution in [2.45, 2.75) is 93.0 Å². The molecular formula is C43H60N2S. The van der Waals surface area contributed by atoms with Gasteiger partial charge in [-0.1, -0.05) is 164 Å². The van der Waals surface area contributed by atoms with Gasteiger partial charge in [0.2, 0.25) is 0 Å². The number of thioether (sulfide) groups is 1. The van der Waals surface area contributed by atoms with Crippen LogP contribution >= 0.6 is 11.8 Å². The van der Waals surface area contributed by atoms with Gasteiger partial charge in [0.15, 0.2) is 0 Å². The van der Waals surface area contributed by atoms with Gasteiger partial charge in [-0.15, -0.1) is 0 Å². The van der Waals surface area contributed by atoms with E-state index in [1.165, 1.54) is 61.4 Å². The van der Waals surface area contributed by atoms with Gasteiger partial charge in [0.1, 0.15) is 0 Å². The van der Waals surface area contributed by atoms with E-state index in [-0.39, 0.29) is 5.41 Å². The lowest BCUT2D eigenvalue weighted by Crippen LogP contribution is -2.15. The molecule has 4 N–H and O–H groups in total. The number of nitrogens with two attached hydrogens (primary N) is 2. The van der Waals surface area contributed by atoms with Crippen molar-refractivity contribution in [1.82, 2.24) is 0 Å². The summed E-state index contributed by atoms with van der Waals surface area (Å²) in [5.41, 5.74) is 22.4. The maximum Gasteiger partial charge on any atom is 0.0196 e. The van der Waals surface area contributed by atoms with E-state index in [2.05, 4.69) is 126 Å². The van der Waals surface area contributed by atoms with Crippen molar-refractivity contribution in [3.8, 4) is 0 Å². The average Bonchev–Trinajstić information content (AvgIpc) is 3.58.